The van der Waals surface area contributed by atoms with E-state index in [1.807, 2.05) is 12.1 Å². The SMILES string of the molecule is O=C(NCCOc1ccc(Cl)cc1)c1ccc(Cn2cncn2)cc1. The molecule has 0 radical (unpaired) electrons. The van der Waals surface area contributed by atoms with Crippen molar-refractivity contribution in [1.82, 2.24) is 20.1 Å². The second kappa shape index (κ2) is 8.30. The maximum Gasteiger partial charge on any atom is 0.251 e. The Balaban J connectivity index is 1.44. The van der Waals surface area contributed by atoms with Gasteiger partial charge in [-0.25, -0.2) is 9.67 Å². The van der Waals surface area contributed by atoms with Gasteiger partial charge in [-0.1, -0.05) is 23.7 Å². The lowest BCUT2D eigenvalue weighted by atomic mass is 10.1. The average Bonchev–Trinajstić information content (AvgIpc) is 3.14. The zero-order chi connectivity index (χ0) is 17.5. The Kier molecular flexibility index (Phi) is 5.64. The highest BCUT2D eigenvalue weighted by Crippen LogP contribution is 2.15. The third kappa shape index (κ3) is 5.06. The van der Waals surface area contributed by atoms with E-state index in [1.54, 1.807) is 47.4 Å². The number of amides is 1. The predicted molar refractivity (Wildman–Crippen MR) is 94.8 cm³/mol. The minimum absolute atomic E-state index is 0.132. The Morgan fingerprint density at radius 1 is 1.12 bits per heavy atom. The molecule has 7 heteroatoms. The summed E-state index contributed by atoms with van der Waals surface area (Å²) >= 11 is 5.81. The molecule has 0 fully saturated rings. The summed E-state index contributed by atoms with van der Waals surface area (Å²) < 4.78 is 7.26. The maximum atomic E-state index is 12.1. The molecule has 0 aliphatic carbocycles. The first-order valence-corrected chi connectivity index (χ1v) is 8.16. The Morgan fingerprint density at radius 2 is 1.88 bits per heavy atom. The Hall–Kier alpha value is -2.86. The number of carbonyl (C=O) groups is 1. The molecule has 25 heavy (non-hydrogen) atoms. The van der Waals surface area contributed by atoms with Crippen molar-refractivity contribution in [3.8, 4) is 5.75 Å². The van der Waals surface area contributed by atoms with Gasteiger partial charge in [0, 0.05) is 10.6 Å². The summed E-state index contributed by atoms with van der Waals surface area (Å²) in [5.41, 5.74) is 1.65. The summed E-state index contributed by atoms with van der Waals surface area (Å²) in [4.78, 5) is 16.0. The van der Waals surface area contributed by atoms with Crippen LogP contribution in [0.2, 0.25) is 5.02 Å². The van der Waals surface area contributed by atoms with E-state index in [4.69, 9.17) is 16.3 Å². The lowest BCUT2D eigenvalue weighted by Crippen LogP contribution is -2.28. The first-order valence-electron chi connectivity index (χ1n) is 7.78. The van der Waals surface area contributed by atoms with Crippen molar-refractivity contribution in [1.29, 1.82) is 0 Å². The van der Waals surface area contributed by atoms with E-state index < -0.39 is 0 Å². The van der Waals surface area contributed by atoms with Crippen LogP contribution in [0.1, 0.15) is 15.9 Å². The topological polar surface area (TPSA) is 69.0 Å². The first kappa shape index (κ1) is 17.0. The van der Waals surface area contributed by atoms with Gasteiger partial charge in [-0.15, -0.1) is 0 Å². The number of nitrogens with one attached hydrogen (secondary N) is 1. The molecule has 0 bridgehead atoms. The fourth-order valence-corrected chi connectivity index (χ4v) is 2.36. The quantitative estimate of drug-likeness (QED) is 0.661. The fraction of sp³-hybridized carbons (Fsp3) is 0.167. The lowest BCUT2D eigenvalue weighted by molar-refractivity contribution is 0.0947. The number of ether oxygens (including phenoxy) is 1. The van der Waals surface area contributed by atoms with Gasteiger partial charge in [-0.3, -0.25) is 4.79 Å². The average molecular weight is 357 g/mol. The summed E-state index contributed by atoms with van der Waals surface area (Å²) in [7, 11) is 0. The summed E-state index contributed by atoms with van der Waals surface area (Å²) in [5.74, 6) is 0.586. The second-order valence-electron chi connectivity index (χ2n) is 5.35. The molecule has 0 aliphatic heterocycles. The summed E-state index contributed by atoms with van der Waals surface area (Å²) in [5, 5.41) is 7.54. The van der Waals surface area contributed by atoms with Gasteiger partial charge in [-0.2, -0.15) is 5.10 Å². The number of aromatic nitrogens is 3. The van der Waals surface area contributed by atoms with Crippen LogP contribution in [0.4, 0.5) is 0 Å². The Morgan fingerprint density at radius 3 is 2.56 bits per heavy atom. The Bertz CT molecular complexity index is 802. The van der Waals surface area contributed by atoms with E-state index in [1.165, 1.54) is 6.33 Å². The maximum absolute atomic E-state index is 12.1. The van der Waals surface area contributed by atoms with E-state index in [0.717, 1.165) is 11.3 Å². The molecule has 1 N–H and O–H groups in total. The largest absolute Gasteiger partial charge is 0.492 e. The molecule has 1 heterocycles. The highest BCUT2D eigenvalue weighted by atomic mass is 35.5. The highest BCUT2D eigenvalue weighted by molar-refractivity contribution is 6.30. The van der Waals surface area contributed by atoms with Gasteiger partial charge in [0.2, 0.25) is 0 Å². The second-order valence-corrected chi connectivity index (χ2v) is 5.78. The number of hydrogen-bond acceptors (Lipinski definition) is 4. The van der Waals surface area contributed by atoms with Gasteiger partial charge >= 0.3 is 0 Å². The van der Waals surface area contributed by atoms with Crippen LogP contribution in [0, 0.1) is 0 Å². The van der Waals surface area contributed by atoms with Crippen molar-refractivity contribution in [3.05, 3.63) is 77.3 Å². The number of halogens is 1. The van der Waals surface area contributed by atoms with Gasteiger partial charge < -0.3 is 10.1 Å². The van der Waals surface area contributed by atoms with Crippen LogP contribution >= 0.6 is 11.6 Å². The summed E-state index contributed by atoms with van der Waals surface area (Å²) in [6, 6.07) is 14.5. The molecule has 1 aromatic heterocycles. The van der Waals surface area contributed by atoms with Crippen LogP contribution < -0.4 is 10.1 Å². The molecule has 0 spiro atoms. The van der Waals surface area contributed by atoms with Crippen molar-refractivity contribution < 1.29 is 9.53 Å². The zero-order valence-electron chi connectivity index (χ0n) is 13.4. The van der Waals surface area contributed by atoms with Crippen LogP contribution in [-0.4, -0.2) is 33.8 Å². The minimum atomic E-state index is -0.132. The fourth-order valence-electron chi connectivity index (χ4n) is 2.23. The van der Waals surface area contributed by atoms with Gasteiger partial charge in [0.1, 0.15) is 25.0 Å². The van der Waals surface area contributed by atoms with Crippen LogP contribution in [0.5, 0.6) is 5.75 Å². The minimum Gasteiger partial charge on any atom is -0.492 e. The van der Waals surface area contributed by atoms with Crippen molar-refractivity contribution >= 4 is 17.5 Å². The van der Waals surface area contributed by atoms with Crippen LogP contribution in [0.25, 0.3) is 0 Å². The molecular formula is C18H17ClN4O2. The molecular weight excluding hydrogens is 340 g/mol. The first-order chi connectivity index (χ1) is 12.2. The summed E-state index contributed by atoms with van der Waals surface area (Å²) in [6.45, 7) is 1.43. The molecule has 3 aromatic rings. The van der Waals surface area contributed by atoms with Crippen molar-refractivity contribution in [3.63, 3.8) is 0 Å². The molecule has 0 aliphatic rings. The number of rotatable bonds is 7. The van der Waals surface area contributed by atoms with E-state index in [0.29, 0.717) is 30.3 Å². The molecule has 128 valence electrons. The number of benzene rings is 2. The highest BCUT2D eigenvalue weighted by Gasteiger charge is 2.05. The number of carbonyl (C=O) groups excluding carboxylic acids is 1. The normalized spacial score (nSPS) is 10.4. The van der Waals surface area contributed by atoms with Crippen molar-refractivity contribution in [2.75, 3.05) is 13.2 Å². The molecule has 0 atom stereocenters. The van der Waals surface area contributed by atoms with Crippen molar-refractivity contribution in [2.45, 2.75) is 6.54 Å². The number of nitrogens with zero attached hydrogens (tertiary/aromatic N) is 3. The van der Waals surface area contributed by atoms with E-state index in [2.05, 4.69) is 15.4 Å². The molecule has 2 aromatic carbocycles. The molecule has 6 nitrogen and oxygen atoms in total. The molecule has 3 rings (SSSR count). The van der Waals surface area contributed by atoms with Gasteiger partial charge in [0.25, 0.3) is 5.91 Å². The molecule has 1 amide bonds. The van der Waals surface area contributed by atoms with E-state index in [-0.39, 0.29) is 5.91 Å². The Labute approximate surface area is 150 Å². The molecule has 0 unspecified atom stereocenters. The van der Waals surface area contributed by atoms with E-state index >= 15 is 0 Å². The monoisotopic (exact) mass is 356 g/mol. The van der Waals surface area contributed by atoms with Crippen LogP contribution in [-0.2, 0) is 6.54 Å². The smallest absolute Gasteiger partial charge is 0.251 e. The van der Waals surface area contributed by atoms with Gasteiger partial charge in [0.05, 0.1) is 13.1 Å². The van der Waals surface area contributed by atoms with Crippen LogP contribution in [0.15, 0.2) is 61.2 Å². The zero-order valence-corrected chi connectivity index (χ0v) is 14.2. The summed E-state index contributed by atoms with van der Waals surface area (Å²) in [6.07, 6.45) is 3.15. The predicted octanol–water partition coefficient (Wildman–Crippen LogP) is 2.79. The van der Waals surface area contributed by atoms with Gasteiger partial charge in [-0.05, 0) is 42.0 Å². The van der Waals surface area contributed by atoms with Crippen molar-refractivity contribution in [2.24, 2.45) is 0 Å². The van der Waals surface area contributed by atoms with E-state index in [9.17, 15) is 4.79 Å². The molecule has 0 saturated heterocycles. The lowest BCUT2D eigenvalue weighted by Gasteiger charge is -2.08. The standard InChI is InChI=1S/C18H17ClN4O2/c19-16-5-7-17(8-6-16)25-10-9-21-18(24)15-3-1-14(2-4-15)11-23-13-20-12-22-23/h1-8,12-13H,9-11H2,(H,21,24). The third-order valence-corrected chi connectivity index (χ3v) is 3.75. The van der Waals surface area contributed by atoms with Crippen LogP contribution in [0.3, 0.4) is 0 Å². The number of hydrogen-bond donors (Lipinski definition) is 1. The third-order valence-electron chi connectivity index (χ3n) is 3.50. The van der Waals surface area contributed by atoms with Gasteiger partial charge in [0.15, 0.2) is 0 Å². The molecule has 0 saturated carbocycles.